The van der Waals surface area contributed by atoms with Gasteiger partial charge in [-0.05, 0) is 52.9 Å². The summed E-state index contributed by atoms with van der Waals surface area (Å²) in [7, 11) is 0. The van der Waals surface area contributed by atoms with Crippen molar-refractivity contribution in [3.05, 3.63) is 45.8 Å². The molecule has 1 aromatic carbocycles. The van der Waals surface area contributed by atoms with E-state index in [0.29, 0.717) is 11.5 Å². The summed E-state index contributed by atoms with van der Waals surface area (Å²) in [6, 6.07) is 9.25. The number of hydrogen-bond donors (Lipinski definition) is 2. The summed E-state index contributed by atoms with van der Waals surface area (Å²) in [5.41, 5.74) is 1.56. The summed E-state index contributed by atoms with van der Waals surface area (Å²) >= 11 is 2.14. The van der Waals surface area contributed by atoms with Crippen LogP contribution in [0.25, 0.3) is 0 Å². The predicted octanol–water partition coefficient (Wildman–Crippen LogP) is 1.87. The SMILES string of the molecule is O=C(c1ccc(Nc2nccc(I)n2)cc1)N1CCNCC1. The Balaban J connectivity index is 1.68. The van der Waals surface area contributed by atoms with Gasteiger partial charge in [0.2, 0.25) is 5.95 Å². The number of hydrogen-bond acceptors (Lipinski definition) is 5. The maximum atomic E-state index is 12.4. The summed E-state index contributed by atoms with van der Waals surface area (Å²) < 4.78 is 0.876. The van der Waals surface area contributed by atoms with Gasteiger partial charge >= 0.3 is 0 Å². The normalized spacial score (nSPS) is 14.7. The molecule has 2 aromatic rings. The zero-order valence-electron chi connectivity index (χ0n) is 11.9. The molecule has 0 atom stereocenters. The van der Waals surface area contributed by atoms with Crippen LogP contribution in [0.3, 0.4) is 0 Å². The fourth-order valence-electron chi connectivity index (χ4n) is 2.27. The summed E-state index contributed by atoms with van der Waals surface area (Å²) in [5.74, 6) is 0.631. The molecule has 1 saturated heterocycles. The standard InChI is InChI=1S/C15H16IN5O/c16-13-5-6-18-15(20-13)19-12-3-1-11(2-4-12)14(22)21-9-7-17-8-10-21/h1-6,17H,7-10H2,(H,18,19,20). The number of nitrogens with zero attached hydrogens (tertiary/aromatic N) is 3. The predicted molar refractivity (Wildman–Crippen MR) is 93.2 cm³/mol. The summed E-state index contributed by atoms with van der Waals surface area (Å²) in [6.45, 7) is 3.23. The molecule has 0 saturated carbocycles. The molecule has 0 aliphatic carbocycles. The largest absolute Gasteiger partial charge is 0.336 e. The van der Waals surface area contributed by atoms with Crippen LogP contribution in [0.2, 0.25) is 0 Å². The van der Waals surface area contributed by atoms with Gasteiger partial charge in [-0.25, -0.2) is 9.97 Å². The monoisotopic (exact) mass is 409 g/mol. The maximum absolute atomic E-state index is 12.4. The van der Waals surface area contributed by atoms with E-state index in [9.17, 15) is 4.79 Å². The number of carbonyl (C=O) groups excluding carboxylic acids is 1. The molecule has 2 heterocycles. The van der Waals surface area contributed by atoms with Crippen LogP contribution in [0.5, 0.6) is 0 Å². The molecule has 0 bridgehead atoms. The Morgan fingerprint density at radius 2 is 1.91 bits per heavy atom. The van der Waals surface area contributed by atoms with Crippen LogP contribution in [0.4, 0.5) is 11.6 Å². The third-order valence-corrected chi connectivity index (χ3v) is 4.01. The molecule has 0 radical (unpaired) electrons. The van der Waals surface area contributed by atoms with Crippen molar-refractivity contribution in [2.45, 2.75) is 0 Å². The Morgan fingerprint density at radius 3 is 2.59 bits per heavy atom. The summed E-state index contributed by atoms with van der Waals surface area (Å²) in [4.78, 5) is 22.7. The molecular formula is C15H16IN5O. The Labute approximate surface area is 142 Å². The molecule has 1 amide bonds. The smallest absolute Gasteiger partial charge is 0.253 e. The molecule has 0 spiro atoms. The fraction of sp³-hybridized carbons (Fsp3) is 0.267. The maximum Gasteiger partial charge on any atom is 0.253 e. The van der Waals surface area contributed by atoms with Gasteiger partial charge in [0.25, 0.3) is 5.91 Å². The molecule has 1 aliphatic heterocycles. The second-order valence-electron chi connectivity index (χ2n) is 4.95. The Hall–Kier alpha value is -1.74. The molecule has 1 aliphatic rings. The second kappa shape index (κ2) is 7.01. The van der Waals surface area contributed by atoms with Crippen LogP contribution >= 0.6 is 22.6 Å². The van der Waals surface area contributed by atoms with Crippen molar-refractivity contribution in [3.8, 4) is 0 Å². The first kappa shape index (κ1) is 15.2. The molecular weight excluding hydrogens is 393 g/mol. The Morgan fingerprint density at radius 1 is 1.18 bits per heavy atom. The van der Waals surface area contributed by atoms with Gasteiger partial charge in [-0.2, -0.15) is 0 Å². The highest BCUT2D eigenvalue weighted by molar-refractivity contribution is 14.1. The lowest BCUT2D eigenvalue weighted by molar-refractivity contribution is 0.0736. The van der Waals surface area contributed by atoms with E-state index in [1.165, 1.54) is 0 Å². The van der Waals surface area contributed by atoms with Crippen LogP contribution in [-0.2, 0) is 0 Å². The third kappa shape index (κ3) is 3.72. The van der Waals surface area contributed by atoms with E-state index < -0.39 is 0 Å². The third-order valence-electron chi connectivity index (χ3n) is 3.41. The van der Waals surface area contributed by atoms with Gasteiger partial charge in [-0.3, -0.25) is 4.79 Å². The second-order valence-corrected chi connectivity index (χ2v) is 6.05. The van der Waals surface area contributed by atoms with Crippen LogP contribution in [0.15, 0.2) is 36.5 Å². The highest BCUT2D eigenvalue weighted by atomic mass is 127. The zero-order valence-corrected chi connectivity index (χ0v) is 14.1. The molecule has 2 N–H and O–H groups in total. The van der Waals surface area contributed by atoms with Crippen LogP contribution in [0.1, 0.15) is 10.4 Å². The Bertz CT molecular complexity index is 655. The number of benzene rings is 1. The molecule has 0 unspecified atom stereocenters. The van der Waals surface area contributed by atoms with E-state index in [-0.39, 0.29) is 5.91 Å². The van der Waals surface area contributed by atoms with Crippen molar-refractivity contribution in [1.29, 1.82) is 0 Å². The molecule has 1 aromatic heterocycles. The van der Waals surface area contributed by atoms with E-state index in [4.69, 9.17) is 0 Å². The molecule has 6 nitrogen and oxygen atoms in total. The number of aromatic nitrogens is 2. The van der Waals surface area contributed by atoms with Crippen LogP contribution in [-0.4, -0.2) is 47.0 Å². The molecule has 22 heavy (non-hydrogen) atoms. The summed E-state index contributed by atoms with van der Waals surface area (Å²) in [6.07, 6.45) is 1.71. The number of halogens is 1. The lowest BCUT2D eigenvalue weighted by Gasteiger charge is -2.27. The first-order chi connectivity index (χ1) is 10.7. The molecule has 114 valence electrons. The minimum atomic E-state index is 0.0820. The highest BCUT2D eigenvalue weighted by Crippen LogP contribution is 2.15. The minimum Gasteiger partial charge on any atom is -0.336 e. The average Bonchev–Trinajstić information content (AvgIpc) is 2.56. The van der Waals surface area contributed by atoms with E-state index in [0.717, 1.165) is 35.6 Å². The quantitative estimate of drug-likeness (QED) is 0.599. The van der Waals surface area contributed by atoms with E-state index in [1.54, 1.807) is 6.20 Å². The molecule has 3 rings (SSSR count). The van der Waals surface area contributed by atoms with Gasteiger partial charge in [0.05, 0.1) is 0 Å². The Kier molecular flexibility index (Phi) is 4.84. The van der Waals surface area contributed by atoms with Crippen molar-refractivity contribution in [2.24, 2.45) is 0 Å². The lowest BCUT2D eigenvalue weighted by atomic mass is 10.1. The van der Waals surface area contributed by atoms with Crippen molar-refractivity contribution >= 4 is 40.1 Å². The number of nitrogens with one attached hydrogen (secondary N) is 2. The zero-order chi connectivity index (χ0) is 15.4. The average molecular weight is 409 g/mol. The van der Waals surface area contributed by atoms with Crippen molar-refractivity contribution in [2.75, 3.05) is 31.5 Å². The van der Waals surface area contributed by atoms with Gasteiger partial charge in [0.15, 0.2) is 0 Å². The van der Waals surface area contributed by atoms with E-state index in [1.807, 2.05) is 35.2 Å². The lowest BCUT2D eigenvalue weighted by Crippen LogP contribution is -2.46. The van der Waals surface area contributed by atoms with Crippen LogP contribution in [0, 0.1) is 3.70 Å². The number of amides is 1. The van der Waals surface area contributed by atoms with Gasteiger partial charge in [0.1, 0.15) is 3.70 Å². The fourth-order valence-corrected chi connectivity index (χ4v) is 2.66. The highest BCUT2D eigenvalue weighted by Gasteiger charge is 2.17. The van der Waals surface area contributed by atoms with Crippen molar-refractivity contribution in [1.82, 2.24) is 20.2 Å². The number of piperazine rings is 1. The number of carbonyl (C=O) groups is 1. The molecule has 1 fully saturated rings. The van der Waals surface area contributed by atoms with Crippen molar-refractivity contribution in [3.63, 3.8) is 0 Å². The van der Waals surface area contributed by atoms with E-state index in [2.05, 4.69) is 43.2 Å². The summed E-state index contributed by atoms with van der Waals surface area (Å²) in [5, 5.41) is 6.37. The van der Waals surface area contributed by atoms with Gasteiger partial charge < -0.3 is 15.5 Å². The van der Waals surface area contributed by atoms with Gasteiger partial charge in [0, 0.05) is 43.6 Å². The first-order valence-electron chi connectivity index (χ1n) is 7.08. The molecule has 7 heteroatoms. The first-order valence-corrected chi connectivity index (χ1v) is 8.16. The van der Waals surface area contributed by atoms with Crippen molar-refractivity contribution < 1.29 is 4.79 Å². The number of rotatable bonds is 3. The topological polar surface area (TPSA) is 70.2 Å². The number of anilines is 2. The van der Waals surface area contributed by atoms with Crippen LogP contribution < -0.4 is 10.6 Å². The minimum absolute atomic E-state index is 0.0820. The van der Waals surface area contributed by atoms with Gasteiger partial charge in [-0.1, -0.05) is 0 Å². The van der Waals surface area contributed by atoms with E-state index >= 15 is 0 Å². The van der Waals surface area contributed by atoms with Gasteiger partial charge in [-0.15, -0.1) is 0 Å².